The van der Waals surface area contributed by atoms with Gasteiger partial charge in [-0.05, 0) is 52.8 Å². The summed E-state index contributed by atoms with van der Waals surface area (Å²) >= 11 is 1.19. The first-order valence-corrected chi connectivity index (χ1v) is 10.1. The second-order valence-corrected chi connectivity index (χ2v) is 9.27. The lowest BCUT2D eigenvalue weighted by molar-refractivity contribution is -0.143. The number of anilines is 1. The molecule has 2 aromatic rings. The molecular weight excluding hydrogens is 460 g/mol. The third-order valence-electron chi connectivity index (χ3n) is 4.47. The van der Waals surface area contributed by atoms with E-state index in [-0.39, 0.29) is 11.2 Å². The van der Waals surface area contributed by atoms with Crippen LogP contribution in [0, 0.1) is 13.8 Å². The van der Waals surface area contributed by atoms with Crippen LogP contribution in [0.5, 0.6) is 0 Å². The fourth-order valence-corrected chi connectivity index (χ4v) is 3.51. The number of thiazole rings is 1. The van der Waals surface area contributed by atoms with E-state index in [0.717, 1.165) is 9.78 Å². The van der Waals surface area contributed by atoms with Crippen LogP contribution >= 0.6 is 11.3 Å². The minimum absolute atomic E-state index is 0.0575. The van der Waals surface area contributed by atoms with Crippen molar-refractivity contribution in [1.29, 1.82) is 0 Å². The van der Waals surface area contributed by atoms with Gasteiger partial charge in [-0.1, -0.05) is 0 Å². The Bertz CT molecular complexity index is 970. The zero-order valence-corrected chi connectivity index (χ0v) is 18.6. The number of aryl methyl sites for hydroxylation is 2. The first kappa shape index (κ1) is 25.6. The lowest BCUT2D eigenvalue weighted by Crippen LogP contribution is -2.49. The molecule has 32 heavy (non-hydrogen) atoms. The van der Waals surface area contributed by atoms with E-state index >= 15 is 0 Å². The Hall–Kier alpha value is -2.63. The van der Waals surface area contributed by atoms with Gasteiger partial charge in [-0.3, -0.25) is 9.59 Å². The summed E-state index contributed by atoms with van der Waals surface area (Å²) in [6.07, 6.45) is -10.2. The van der Waals surface area contributed by atoms with Gasteiger partial charge in [0.15, 0.2) is 5.13 Å². The second kappa shape index (κ2) is 8.72. The lowest BCUT2D eigenvalue weighted by atomic mass is 10.00. The Morgan fingerprint density at radius 3 is 1.84 bits per heavy atom. The van der Waals surface area contributed by atoms with Gasteiger partial charge in [-0.2, -0.15) is 26.3 Å². The zero-order valence-electron chi connectivity index (χ0n) is 17.8. The van der Waals surface area contributed by atoms with Crippen molar-refractivity contribution in [2.24, 2.45) is 0 Å². The number of nitrogens with zero attached hydrogens (tertiary/aromatic N) is 2. The Morgan fingerprint density at radius 2 is 1.47 bits per heavy atom. The molecule has 1 aromatic carbocycles. The molecule has 0 aliphatic carbocycles. The molecule has 0 atom stereocenters. The van der Waals surface area contributed by atoms with E-state index in [1.165, 1.54) is 32.1 Å². The maximum Gasteiger partial charge on any atom is 0.416 e. The van der Waals surface area contributed by atoms with E-state index in [0.29, 0.717) is 17.8 Å². The first-order chi connectivity index (χ1) is 14.4. The van der Waals surface area contributed by atoms with E-state index in [1.807, 2.05) is 0 Å². The largest absolute Gasteiger partial charge is 0.416 e. The Labute approximate surface area is 184 Å². The van der Waals surface area contributed by atoms with Gasteiger partial charge in [0.1, 0.15) is 6.54 Å². The summed E-state index contributed by atoms with van der Waals surface area (Å²) in [5, 5.41) is 2.77. The van der Waals surface area contributed by atoms with Crippen molar-refractivity contribution in [3.8, 4) is 0 Å². The number of nitrogens with one attached hydrogen (secondary N) is 1. The molecule has 2 amide bonds. The average molecular weight is 481 g/mol. The highest BCUT2D eigenvalue weighted by molar-refractivity contribution is 7.15. The van der Waals surface area contributed by atoms with E-state index < -0.39 is 52.9 Å². The summed E-state index contributed by atoms with van der Waals surface area (Å²) in [6.45, 7) is 7.45. The van der Waals surface area contributed by atoms with Crippen LogP contribution in [0.15, 0.2) is 18.2 Å². The Kier molecular flexibility index (Phi) is 6.98. The van der Waals surface area contributed by atoms with Gasteiger partial charge in [0.25, 0.3) is 5.91 Å². The third kappa shape index (κ3) is 6.21. The molecule has 0 aliphatic rings. The number of hydrogen-bond donors (Lipinski definition) is 1. The summed E-state index contributed by atoms with van der Waals surface area (Å²) in [5.74, 6) is -1.83. The number of carbonyl (C=O) groups is 2. The quantitative estimate of drug-likeness (QED) is 0.572. The summed E-state index contributed by atoms with van der Waals surface area (Å²) in [7, 11) is 0. The number of halogens is 6. The molecule has 0 saturated carbocycles. The number of carbonyl (C=O) groups excluding carboxylic acids is 2. The Balaban J connectivity index is 2.41. The molecule has 176 valence electrons. The minimum atomic E-state index is -5.10. The maximum absolute atomic E-state index is 13.2. The molecule has 12 heteroatoms. The van der Waals surface area contributed by atoms with Gasteiger partial charge in [0.05, 0.1) is 16.8 Å². The van der Waals surface area contributed by atoms with Crippen LogP contribution in [0.25, 0.3) is 0 Å². The standard InChI is InChI=1S/C20H21F6N3O2S/c1-10-11(2)32-17(27-10)28-15(30)9-29(18(3,4)5)16(31)12-6-13(19(21,22)23)8-14(7-12)20(24,25)26/h6-8H,9H2,1-5H3,(H,27,28,30). The second-order valence-electron chi connectivity index (χ2n) is 8.07. The summed E-state index contributed by atoms with van der Waals surface area (Å²) in [4.78, 5) is 31.4. The first-order valence-electron chi connectivity index (χ1n) is 9.25. The monoisotopic (exact) mass is 481 g/mol. The van der Waals surface area contributed by atoms with Gasteiger partial charge in [-0.25, -0.2) is 4.98 Å². The third-order valence-corrected chi connectivity index (χ3v) is 5.45. The molecule has 0 aliphatic heterocycles. The van der Waals surface area contributed by atoms with E-state index in [9.17, 15) is 35.9 Å². The molecule has 1 aromatic heterocycles. The van der Waals surface area contributed by atoms with Crippen LogP contribution in [-0.4, -0.2) is 33.8 Å². The van der Waals surface area contributed by atoms with E-state index in [1.54, 1.807) is 13.8 Å². The lowest BCUT2D eigenvalue weighted by Gasteiger charge is -2.35. The zero-order chi connectivity index (χ0) is 24.6. The molecular formula is C20H21F6N3O2S. The van der Waals surface area contributed by atoms with E-state index in [2.05, 4.69) is 10.3 Å². The van der Waals surface area contributed by atoms with Crippen molar-refractivity contribution in [3.05, 3.63) is 45.5 Å². The highest BCUT2D eigenvalue weighted by Crippen LogP contribution is 2.37. The highest BCUT2D eigenvalue weighted by atomic mass is 32.1. The maximum atomic E-state index is 13.2. The van der Waals surface area contributed by atoms with Crippen molar-refractivity contribution in [2.45, 2.75) is 52.5 Å². The van der Waals surface area contributed by atoms with Crippen molar-refractivity contribution in [3.63, 3.8) is 0 Å². The normalized spacial score (nSPS) is 12.6. The molecule has 0 unspecified atom stereocenters. The molecule has 0 radical (unpaired) electrons. The molecule has 1 N–H and O–H groups in total. The van der Waals surface area contributed by atoms with Gasteiger partial charge >= 0.3 is 12.4 Å². The number of amides is 2. The predicted molar refractivity (Wildman–Crippen MR) is 107 cm³/mol. The van der Waals surface area contributed by atoms with Crippen molar-refractivity contribution < 1.29 is 35.9 Å². The summed E-state index contributed by atoms with van der Waals surface area (Å²) in [5.41, 5.74) is -4.44. The van der Waals surface area contributed by atoms with Gasteiger partial charge < -0.3 is 10.2 Å². The fourth-order valence-electron chi connectivity index (χ4n) is 2.68. The van der Waals surface area contributed by atoms with Crippen molar-refractivity contribution in [2.75, 3.05) is 11.9 Å². The van der Waals surface area contributed by atoms with Crippen LogP contribution < -0.4 is 5.32 Å². The van der Waals surface area contributed by atoms with Crippen LogP contribution in [0.2, 0.25) is 0 Å². The molecule has 5 nitrogen and oxygen atoms in total. The highest BCUT2D eigenvalue weighted by Gasteiger charge is 2.39. The fraction of sp³-hybridized carbons (Fsp3) is 0.450. The van der Waals surface area contributed by atoms with Crippen molar-refractivity contribution in [1.82, 2.24) is 9.88 Å². The number of hydrogen-bond acceptors (Lipinski definition) is 4. The minimum Gasteiger partial charge on any atom is -0.324 e. The molecule has 0 bridgehead atoms. The molecule has 2 rings (SSSR count). The summed E-state index contributed by atoms with van der Waals surface area (Å²) in [6, 6.07) is 0.640. The van der Waals surface area contributed by atoms with Gasteiger partial charge in [-0.15, -0.1) is 11.3 Å². The predicted octanol–water partition coefficient (Wildman–Crippen LogP) is 5.68. The van der Waals surface area contributed by atoms with E-state index in [4.69, 9.17) is 0 Å². The number of rotatable bonds is 4. The number of aromatic nitrogens is 1. The smallest absolute Gasteiger partial charge is 0.324 e. The van der Waals surface area contributed by atoms with Crippen LogP contribution in [-0.2, 0) is 17.1 Å². The molecule has 1 heterocycles. The topological polar surface area (TPSA) is 62.3 Å². The van der Waals surface area contributed by atoms with Gasteiger partial charge in [0.2, 0.25) is 5.91 Å². The summed E-state index contributed by atoms with van der Waals surface area (Å²) < 4.78 is 79.0. The molecule has 0 spiro atoms. The van der Waals surface area contributed by atoms with Crippen LogP contribution in [0.1, 0.15) is 52.8 Å². The number of benzene rings is 1. The van der Waals surface area contributed by atoms with Crippen LogP contribution in [0.3, 0.4) is 0 Å². The van der Waals surface area contributed by atoms with Gasteiger partial charge in [0, 0.05) is 16.0 Å². The Morgan fingerprint density at radius 1 is 0.969 bits per heavy atom. The average Bonchev–Trinajstić information content (AvgIpc) is 2.93. The molecule has 0 fully saturated rings. The molecule has 0 saturated heterocycles. The number of alkyl halides is 6. The van der Waals surface area contributed by atoms with Crippen LogP contribution in [0.4, 0.5) is 31.5 Å². The van der Waals surface area contributed by atoms with Crippen molar-refractivity contribution >= 4 is 28.3 Å². The SMILES string of the molecule is Cc1nc(NC(=O)CN(C(=O)c2cc(C(F)(F)F)cc(C(F)(F)F)c2)C(C)(C)C)sc1C.